The number of para-hydroxylation sites is 1. The van der Waals surface area contributed by atoms with Gasteiger partial charge >= 0.3 is 0 Å². The van der Waals surface area contributed by atoms with Gasteiger partial charge in [-0.3, -0.25) is 4.79 Å². The molecule has 0 saturated carbocycles. The highest BCUT2D eigenvalue weighted by Crippen LogP contribution is 2.40. The van der Waals surface area contributed by atoms with Crippen LogP contribution in [0.15, 0.2) is 60.7 Å². The molecule has 2 aromatic carbocycles. The van der Waals surface area contributed by atoms with Crippen molar-refractivity contribution in [2.24, 2.45) is 0 Å². The third-order valence-corrected chi connectivity index (χ3v) is 4.98. The van der Waals surface area contributed by atoms with Crippen molar-refractivity contribution in [2.45, 2.75) is 0 Å². The van der Waals surface area contributed by atoms with E-state index < -0.39 is 0 Å². The fourth-order valence-corrected chi connectivity index (χ4v) is 3.64. The lowest BCUT2D eigenvalue weighted by atomic mass is 10.1. The number of carbonyl (C=O) groups is 1. The van der Waals surface area contributed by atoms with Crippen LogP contribution in [0, 0.1) is 0 Å². The van der Waals surface area contributed by atoms with Crippen LogP contribution in [0.2, 0.25) is 0 Å². The maximum Gasteiger partial charge on any atom is 0.160 e. The maximum absolute atomic E-state index is 10.9. The third kappa shape index (κ3) is 2.62. The van der Waals surface area contributed by atoms with Crippen LogP contribution in [-0.4, -0.2) is 19.4 Å². The minimum atomic E-state index is 0.662. The smallest absolute Gasteiger partial charge is 0.160 e. The summed E-state index contributed by atoms with van der Waals surface area (Å²) in [4.78, 5) is 15.0. The zero-order chi connectivity index (χ0) is 15.6. The summed E-state index contributed by atoms with van der Waals surface area (Å²) < 4.78 is 5.86. The van der Waals surface area contributed by atoms with E-state index in [9.17, 15) is 4.79 Å². The van der Waals surface area contributed by atoms with E-state index in [-0.39, 0.29) is 0 Å². The van der Waals surface area contributed by atoms with Gasteiger partial charge in [0.2, 0.25) is 0 Å². The van der Waals surface area contributed by atoms with Crippen LogP contribution in [0.4, 0.5) is 11.4 Å². The highest BCUT2D eigenvalue weighted by molar-refractivity contribution is 7.17. The predicted octanol–water partition coefficient (Wildman–Crippen LogP) is 4.76. The highest BCUT2D eigenvalue weighted by Gasteiger charge is 2.20. The van der Waals surface area contributed by atoms with Crippen LogP contribution >= 0.6 is 11.3 Å². The van der Waals surface area contributed by atoms with Crippen molar-refractivity contribution in [1.82, 2.24) is 0 Å². The Bertz CT molecular complexity index is 842. The van der Waals surface area contributed by atoms with E-state index >= 15 is 0 Å². The van der Waals surface area contributed by atoms with Gasteiger partial charge in [0.15, 0.2) is 6.29 Å². The SMILES string of the molecule is O=Cc1ccc(-c2ccc3c(c2)OCCN3c2ccccc2)s1. The quantitative estimate of drug-likeness (QED) is 0.652. The number of nitrogens with zero attached hydrogens (tertiary/aromatic N) is 1. The standard InChI is InChI=1S/C19H15NO2S/c21-13-16-7-9-19(23-16)14-6-8-17-18(12-14)22-11-10-20(17)15-4-2-1-3-5-15/h1-9,12-13H,10-11H2. The summed E-state index contributed by atoms with van der Waals surface area (Å²) in [5.41, 5.74) is 3.33. The molecule has 1 aliphatic heterocycles. The second-order valence-corrected chi connectivity index (χ2v) is 6.45. The van der Waals surface area contributed by atoms with E-state index in [0.29, 0.717) is 6.61 Å². The topological polar surface area (TPSA) is 29.5 Å². The van der Waals surface area contributed by atoms with Crippen LogP contribution in [0.1, 0.15) is 9.67 Å². The molecule has 1 aromatic heterocycles. The van der Waals surface area contributed by atoms with Gasteiger partial charge in [0.1, 0.15) is 12.4 Å². The van der Waals surface area contributed by atoms with Crippen LogP contribution in [-0.2, 0) is 0 Å². The van der Waals surface area contributed by atoms with Crippen molar-refractivity contribution in [2.75, 3.05) is 18.1 Å². The van der Waals surface area contributed by atoms with E-state index in [2.05, 4.69) is 35.2 Å². The van der Waals surface area contributed by atoms with Crippen molar-refractivity contribution in [1.29, 1.82) is 0 Å². The molecule has 0 atom stereocenters. The first-order valence-corrected chi connectivity index (χ1v) is 8.31. The molecule has 0 unspecified atom stereocenters. The summed E-state index contributed by atoms with van der Waals surface area (Å²) in [6.07, 6.45) is 0.889. The molecule has 0 N–H and O–H groups in total. The van der Waals surface area contributed by atoms with Crippen molar-refractivity contribution >= 4 is 29.0 Å². The molecule has 0 saturated heterocycles. The molecule has 0 aliphatic carbocycles. The second-order valence-electron chi connectivity index (χ2n) is 5.34. The molecule has 0 spiro atoms. The number of fused-ring (bicyclic) bond motifs is 1. The Balaban J connectivity index is 1.73. The summed E-state index contributed by atoms with van der Waals surface area (Å²) in [6.45, 7) is 1.50. The summed E-state index contributed by atoms with van der Waals surface area (Å²) in [5, 5.41) is 0. The fraction of sp³-hybridized carbons (Fsp3) is 0.105. The number of aldehydes is 1. The third-order valence-electron chi connectivity index (χ3n) is 3.92. The van der Waals surface area contributed by atoms with Crippen molar-refractivity contribution < 1.29 is 9.53 Å². The average molecular weight is 321 g/mol. The summed E-state index contributed by atoms with van der Waals surface area (Å²) >= 11 is 1.50. The predicted molar refractivity (Wildman–Crippen MR) is 94.1 cm³/mol. The maximum atomic E-state index is 10.9. The Hall–Kier alpha value is -2.59. The van der Waals surface area contributed by atoms with Gasteiger partial charge in [0.05, 0.1) is 17.1 Å². The summed E-state index contributed by atoms with van der Waals surface area (Å²) in [6, 6.07) is 20.4. The first-order chi connectivity index (χ1) is 11.3. The Morgan fingerprint density at radius 2 is 1.91 bits per heavy atom. The number of hydrogen-bond acceptors (Lipinski definition) is 4. The molecule has 0 fully saturated rings. The Labute approximate surface area is 138 Å². The Morgan fingerprint density at radius 1 is 1.04 bits per heavy atom. The molecule has 0 radical (unpaired) electrons. The monoisotopic (exact) mass is 321 g/mol. The first kappa shape index (κ1) is 14.0. The molecule has 1 aliphatic rings. The number of hydrogen-bond donors (Lipinski definition) is 0. The zero-order valence-corrected chi connectivity index (χ0v) is 13.3. The average Bonchev–Trinajstić information content (AvgIpc) is 3.11. The minimum absolute atomic E-state index is 0.662. The summed E-state index contributed by atoms with van der Waals surface area (Å²) in [7, 11) is 0. The van der Waals surface area contributed by atoms with Gasteiger partial charge in [0.25, 0.3) is 0 Å². The largest absolute Gasteiger partial charge is 0.490 e. The van der Waals surface area contributed by atoms with Gasteiger partial charge in [-0.2, -0.15) is 0 Å². The van der Waals surface area contributed by atoms with Crippen LogP contribution in [0.25, 0.3) is 10.4 Å². The molecule has 23 heavy (non-hydrogen) atoms. The molecule has 4 heteroatoms. The number of rotatable bonds is 3. The number of anilines is 2. The van der Waals surface area contributed by atoms with Gasteiger partial charge in [-0.1, -0.05) is 24.3 Å². The second kappa shape index (κ2) is 5.89. The van der Waals surface area contributed by atoms with E-state index in [1.165, 1.54) is 17.0 Å². The van der Waals surface area contributed by atoms with Crippen LogP contribution < -0.4 is 9.64 Å². The van der Waals surface area contributed by atoms with Gasteiger partial charge < -0.3 is 9.64 Å². The Kier molecular flexibility index (Phi) is 3.60. The molecule has 2 heterocycles. The minimum Gasteiger partial charge on any atom is -0.490 e. The molecule has 0 amide bonds. The lowest BCUT2D eigenvalue weighted by Crippen LogP contribution is -2.28. The van der Waals surface area contributed by atoms with E-state index in [1.807, 2.05) is 30.3 Å². The number of thiophene rings is 1. The number of ether oxygens (including phenoxy) is 1. The molecular formula is C19H15NO2S. The van der Waals surface area contributed by atoms with E-state index in [0.717, 1.165) is 39.6 Å². The fourth-order valence-electron chi connectivity index (χ4n) is 2.82. The molecular weight excluding hydrogens is 306 g/mol. The van der Waals surface area contributed by atoms with Gasteiger partial charge in [-0.25, -0.2) is 0 Å². The lowest BCUT2D eigenvalue weighted by molar-refractivity contribution is 0.112. The highest BCUT2D eigenvalue weighted by atomic mass is 32.1. The number of benzene rings is 2. The van der Waals surface area contributed by atoms with Crippen molar-refractivity contribution in [3.63, 3.8) is 0 Å². The number of carbonyl (C=O) groups excluding carboxylic acids is 1. The Morgan fingerprint density at radius 3 is 2.70 bits per heavy atom. The van der Waals surface area contributed by atoms with Crippen molar-refractivity contribution in [3.8, 4) is 16.2 Å². The van der Waals surface area contributed by atoms with Gasteiger partial charge in [-0.05, 0) is 42.0 Å². The van der Waals surface area contributed by atoms with E-state index in [4.69, 9.17) is 4.74 Å². The molecule has 3 nitrogen and oxygen atoms in total. The van der Waals surface area contributed by atoms with Crippen LogP contribution in [0.3, 0.4) is 0 Å². The summed E-state index contributed by atoms with van der Waals surface area (Å²) in [5.74, 6) is 0.888. The normalized spacial score (nSPS) is 13.3. The van der Waals surface area contributed by atoms with Gasteiger partial charge in [-0.15, -0.1) is 11.3 Å². The van der Waals surface area contributed by atoms with Crippen molar-refractivity contribution in [3.05, 3.63) is 65.5 Å². The zero-order valence-electron chi connectivity index (χ0n) is 12.4. The van der Waals surface area contributed by atoms with Gasteiger partial charge in [0, 0.05) is 10.6 Å². The van der Waals surface area contributed by atoms with Crippen LogP contribution in [0.5, 0.6) is 5.75 Å². The molecule has 0 bridgehead atoms. The lowest BCUT2D eigenvalue weighted by Gasteiger charge is -2.31. The molecule has 4 rings (SSSR count). The molecule has 3 aromatic rings. The van der Waals surface area contributed by atoms with E-state index in [1.54, 1.807) is 0 Å². The molecule has 114 valence electrons. The first-order valence-electron chi connectivity index (χ1n) is 7.50.